The Morgan fingerprint density at radius 1 is 1.10 bits per heavy atom. The standard InChI is InChI=1S/C23H22N4O3S/c28-21(26-19(23(29)30)14-16-6-2-1-3-7-16)11-10-20-25-18-9-4-12-24-22(18)27(20)15-17-8-5-13-31-17/h1-9,12-13,19H,10-11,14-15H2,(H,26,28)(H,29,30). The van der Waals surface area contributed by atoms with Crippen LogP contribution in [-0.4, -0.2) is 37.6 Å². The molecule has 31 heavy (non-hydrogen) atoms. The van der Waals surface area contributed by atoms with Crippen molar-refractivity contribution in [2.24, 2.45) is 0 Å². The van der Waals surface area contributed by atoms with E-state index in [2.05, 4.69) is 21.4 Å². The van der Waals surface area contributed by atoms with Gasteiger partial charge in [-0.15, -0.1) is 11.3 Å². The summed E-state index contributed by atoms with van der Waals surface area (Å²) < 4.78 is 2.02. The molecule has 0 aliphatic heterocycles. The fourth-order valence-corrected chi connectivity index (χ4v) is 4.16. The Morgan fingerprint density at radius 2 is 1.94 bits per heavy atom. The second-order valence-corrected chi connectivity index (χ2v) is 8.22. The minimum absolute atomic E-state index is 0.145. The number of carboxylic acid groups (broad SMARTS) is 1. The predicted molar refractivity (Wildman–Crippen MR) is 119 cm³/mol. The lowest BCUT2D eigenvalue weighted by molar-refractivity contribution is -0.141. The van der Waals surface area contributed by atoms with E-state index in [1.807, 2.05) is 58.5 Å². The van der Waals surface area contributed by atoms with Crippen molar-refractivity contribution in [3.63, 3.8) is 0 Å². The second kappa shape index (κ2) is 9.53. The number of fused-ring (bicyclic) bond motifs is 1. The van der Waals surface area contributed by atoms with Gasteiger partial charge in [0.2, 0.25) is 5.91 Å². The number of carboxylic acids is 1. The number of amides is 1. The summed E-state index contributed by atoms with van der Waals surface area (Å²) in [6, 6.07) is 16.1. The van der Waals surface area contributed by atoms with Gasteiger partial charge in [-0.2, -0.15) is 0 Å². The van der Waals surface area contributed by atoms with Gasteiger partial charge >= 0.3 is 5.97 Å². The first kappa shape index (κ1) is 20.7. The average molecular weight is 435 g/mol. The monoisotopic (exact) mass is 434 g/mol. The molecule has 1 atom stereocenters. The van der Waals surface area contributed by atoms with Gasteiger partial charge in [-0.25, -0.2) is 14.8 Å². The van der Waals surface area contributed by atoms with E-state index < -0.39 is 12.0 Å². The number of aliphatic carboxylic acids is 1. The predicted octanol–water partition coefficient (Wildman–Crippen LogP) is 3.29. The molecule has 0 aliphatic rings. The van der Waals surface area contributed by atoms with Gasteiger partial charge in [0.1, 0.15) is 17.4 Å². The zero-order chi connectivity index (χ0) is 21.6. The van der Waals surface area contributed by atoms with Gasteiger partial charge in [-0.1, -0.05) is 36.4 Å². The molecule has 1 aromatic carbocycles. The van der Waals surface area contributed by atoms with Gasteiger partial charge in [0.05, 0.1) is 6.54 Å². The smallest absolute Gasteiger partial charge is 0.326 e. The minimum atomic E-state index is -1.05. The van der Waals surface area contributed by atoms with Gasteiger partial charge < -0.3 is 15.0 Å². The van der Waals surface area contributed by atoms with E-state index in [1.165, 1.54) is 4.88 Å². The zero-order valence-corrected chi connectivity index (χ0v) is 17.6. The summed E-state index contributed by atoms with van der Waals surface area (Å²) in [5.41, 5.74) is 2.42. The lowest BCUT2D eigenvalue weighted by Gasteiger charge is -2.15. The van der Waals surface area contributed by atoms with Crippen molar-refractivity contribution in [3.8, 4) is 0 Å². The molecule has 0 radical (unpaired) electrons. The number of nitrogens with zero attached hydrogens (tertiary/aromatic N) is 3. The Bertz CT molecular complexity index is 1170. The van der Waals surface area contributed by atoms with Crippen LogP contribution in [0.25, 0.3) is 11.2 Å². The molecule has 7 nitrogen and oxygen atoms in total. The number of carbonyl (C=O) groups is 2. The summed E-state index contributed by atoms with van der Waals surface area (Å²) in [6.45, 7) is 0.633. The highest BCUT2D eigenvalue weighted by Gasteiger charge is 2.21. The summed E-state index contributed by atoms with van der Waals surface area (Å²) in [4.78, 5) is 34.4. The number of hydrogen-bond donors (Lipinski definition) is 2. The average Bonchev–Trinajstić information content (AvgIpc) is 3.41. The summed E-state index contributed by atoms with van der Waals surface area (Å²) in [5.74, 6) is -0.607. The first-order valence-electron chi connectivity index (χ1n) is 9.99. The Morgan fingerprint density at radius 3 is 2.68 bits per heavy atom. The summed E-state index contributed by atoms with van der Waals surface area (Å²) >= 11 is 1.65. The molecule has 0 aliphatic carbocycles. The van der Waals surface area contributed by atoms with Crippen LogP contribution in [0, 0.1) is 0 Å². The van der Waals surface area contributed by atoms with Crippen LogP contribution >= 0.6 is 11.3 Å². The van der Waals surface area contributed by atoms with E-state index in [0.29, 0.717) is 13.0 Å². The number of imidazole rings is 1. The minimum Gasteiger partial charge on any atom is -0.480 e. The molecular weight excluding hydrogens is 412 g/mol. The molecule has 1 unspecified atom stereocenters. The van der Waals surface area contributed by atoms with Crippen molar-refractivity contribution in [3.05, 3.63) is 82.4 Å². The maximum Gasteiger partial charge on any atom is 0.326 e. The number of rotatable bonds is 9. The number of thiophene rings is 1. The van der Waals surface area contributed by atoms with Crippen molar-refractivity contribution < 1.29 is 14.7 Å². The van der Waals surface area contributed by atoms with Crippen LogP contribution in [0.3, 0.4) is 0 Å². The summed E-state index contributed by atoms with van der Waals surface area (Å²) in [5, 5.41) is 14.2. The molecule has 0 bridgehead atoms. The van der Waals surface area contributed by atoms with E-state index in [-0.39, 0.29) is 18.7 Å². The molecule has 0 saturated carbocycles. The van der Waals surface area contributed by atoms with Crippen LogP contribution in [0.15, 0.2) is 66.2 Å². The highest BCUT2D eigenvalue weighted by molar-refractivity contribution is 7.09. The van der Waals surface area contributed by atoms with Gasteiger partial charge in [0.15, 0.2) is 5.65 Å². The van der Waals surface area contributed by atoms with E-state index in [9.17, 15) is 14.7 Å². The second-order valence-electron chi connectivity index (χ2n) is 7.19. The van der Waals surface area contributed by atoms with Crippen molar-refractivity contribution in [2.45, 2.75) is 31.8 Å². The first-order chi connectivity index (χ1) is 15.1. The number of aryl methyl sites for hydroxylation is 1. The fraction of sp³-hybridized carbons (Fsp3) is 0.217. The maximum atomic E-state index is 12.5. The molecule has 1 amide bonds. The Labute approximate surface area is 183 Å². The highest BCUT2D eigenvalue weighted by Crippen LogP contribution is 2.19. The number of benzene rings is 1. The van der Waals surface area contributed by atoms with Crippen LogP contribution in [0.4, 0.5) is 0 Å². The van der Waals surface area contributed by atoms with Gasteiger partial charge in [-0.05, 0) is 29.1 Å². The van der Waals surface area contributed by atoms with Gasteiger partial charge in [-0.3, -0.25) is 4.79 Å². The Hall–Kier alpha value is -3.52. The van der Waals surface area contributed by atoms with E-state index in [4.69, 9.17) is 0 Å². The molecule has 4 aromatic rings. The van der Waals surface area contributed by atoms with Gasteiger partial charge in [0, 0.05) is 30.3 Å². The fourth-order valence-electron chi connectivity index (χ4n) is 3.46. The van der Waals surface area contributed by atoms with E-state index >= 15 is 0 Å². The molecule has 0 fully saturated rings. The lowest BCUT2D eigenvalue weighted by atomic mass is 10.1. The molecule has 3 aromatic heterocycles. The largest absolute Gasteiger partial charge is 0.480 e. The lowest BCUT2D eigenvalue weighted by Crippen LogP contribution is -2.42. The van der Waals surface area contributed by atoms with Crippen molar-refractivity contribution >= 4 is 34.4 Å². The van der Waals surface area contributed by atoms with Crippen molar-refractivity contribution in [1.29, 1.82) is 0 Å². The number of hydrogen-bond acceptors (Lipinski definition) is 5. The van der Waals surface area contributed by atoms with Crippen LogP contribution in [0.2, 0.25) is 0 Å². The summed E-state index contributed by atoms with van der Waals surface area (Å²) in [7, 11) is 0. The van der Waals surface area contributed by atoms with Crippen LogP contribution in [0.1, 0.15) is 22.7 Å². The van der Waals surface area contributed by atoms with Gasteiger partial charge in [0.25, 0.3) is 0 Å². The number of aromatic nitrogens is 3. The number of carbonyl (C=O) groups excluding carboxylic acids is 1. The maximum absolute atomic E-state index is 12.5. The molecule has 8 heteroatoms. The number of nitrogens with one attached hydrogen (secondary N) is 1. The van der Waals surface area contributed by atoms with Crippen LogP contribution in [-0.2, 0) is 29.0 Å². The van der Waals surface area contributed by atoms with E-state index in [0.717, 1.165) is 22.6 Å². The molecule has 0 spiro atoms. The zero-order valence-electron chi connectivity index (χ0n) is 16.8. The van der Waals surface area contributed by atoms with Crippen molar-refractivity contribution in [2.75, 3.05) is 0 Å². The normalized spacial score (nSPS) is 12.0. The Kier molecular flexibility index (Phi) is 6.37. The molecular formula is C23H22N4O3S. The number of pyridine rings is 1. The molecule has 3 heterocycles. The van der Waals surface area contributed by atoms with Crippen LogP contribution in [0.5, 0.6) is 0 Å². The third kappa shape index (κ3) is 5.16. The van der Waals surface area contributed by atoms with E-state index in [1.54, 1.807) is 17.5 Å². The topological polar surface area (TPSA) is 97.1 Å². The Balaban J connectivity index is 1.45. The SMILES string of the molecule is O=C(CCc1nc2cccnc2n1Cc1cccs1)NC(Cc1ccccc1)C(=O)O. The first-order valence-corrected chi connectivity index (χ1v) is 10.9. The van der Waals surface area contributed by atoms with Crippen LogP contribution < -0.4 is 5.32 Å². The molecule has 2 N–H and O–H groups in total. The quantitative estimate of drug-likeness (QED) is 0.421. The third-order valence-corrected chi connectivity index (χ3v) is 5.83. The van der Waals surface area contributed by atoms with Crippen molar-refractivity contribution in [1.82, 2.24) is 19.9 Å². The molecule has 0 saturated heterocycles. The molecule has 158 valence electrons. The molecule has 4 rings (SSSR count). The highest BCUT2D eigenvalue weighted by atomic mass is 32.1. The summed E-state index contributed by atoms with van der Waals surface area (Å²) in [6.07, 6.45) is 2.51. The third-order valence-electron chi connectivity index (χ3n) is 4.97.